The van der Waals surface area contributed by atoms with Crippen LogP contribution >= 0.6 is 0 Å². The first kappa shape index (κ1) is 15.6. The van der Waals surface area contributed by atoms with Crippen molar-refractivity contribution in [2.75, 3.05) is 6.54 Å². The molecule has 1 amide bonds. The minimum absolute atomic E-state index is 0.146. The summed E-state index contributed by atoms with van der Waals surface area (Å²) >= 11 is 0. The summed E-state index contributed by atoms with van der Waals surface area (Å²) in [5.74, 6) is -2.02. The van der Waals surface area contributed by atoms with E-state index >= 15 is 0 Å². The zero-order valence-corrected chi connectivity index (χ0v) is 12.4. The van der Waals surface area contributed by atoms with Gasteiger partial charge in [-0.1, -0.05) is 6.07 Å². The molecular weight excluding hydrogens is 304 g/mol. The number of hydrogen-bond acceptors (Lipinski definition) is 3. The topological polar surface area (TPSA) is 58.4 Å². The first-order valence-electron chi connectivity index (χ1n) is 7.44. The maximum atomic E-state index is 13.4. The molecule has 1 aromatic heterocycles. The highest BCUT2D eigenvalue weighted by atomic mass is 19.2. The number of hydrogen-bond donors (Lipinski definition) is 1. The van der Waals surface area contributed by atoms with E-state index in [1.54, 1.807) is 23.1 Å². The summed E-state index contributed by atoms with van der Waals surface area (Å²) in [7, 11) is 0. The maximum Gasteiger partial charge on any atom is 0.225 e. The van der Waals surface area contributed by atoms with E-state index in [2.05, 4.69) is 5.10 Å². The van der Waals surface area contributed by atoms with Crippen molar-refractivity contribution in [3.63, 3.8) is 0 Å². The second-order valence-electron chi connectivity index (χ2n) is 5.64. The number of aryl methyl sites for hydroxylation is 1. The Bertz CT molecular complexity index is 691. The standard InChI is InChI=1S/C16H17F2N3O2/c17-13-3-2-11(8-14(13)18)15-9-12(22)10-21(15)16(23)4-7-20-6-1-5-19-20/h1-3,5-6,8,12,15,22H,4,7,9-10H2. The van der Waals surface area contributed by atoms with Crippen molar-refractivity contribution in [3.8, 4) is 0 Å². The van der Waals surface area contributed by atoms with Crippen molar-refractivity contribution in [3.05, 3.63) is 53.9 Å². The predicted octanol–water partition coefficient (Wildman–Crippen LogP) is 1.89. The van der Waals surface area contributed by atoms with Crippen molar-refractivity contribution in [2.45, 2.75) is 31.5 Å². The molecule has 122 valence electrons. The van der Waals surface area contributed by atoms with E-state index < -0.39 is 23.8 Å². The van der Waals surface area contributed by atoms with Crippen molar-refractivity contribution >= 4 is 5.91 Å². The molecule has 0 saturated carbocycles. The number of likely N-dealkylation sites (tertiary alicyclic amines) is 1. The number of aromatic nitrogens is 2. The molecule has 5 nitrogen and oxygen atoms in total. The lowest BCUT2D eigenvalue weighted by atomic mass is 10.0. The van der Waals surface area contributed by atoms with Gasteiger partial charge in [0.25, 0.3) is 0 Å². The Kier molecular flexibility index (Phi) is 4.38. The van der Waals surface area contributed by atoms with Crippen LogP contribution < -0.4 is 0 Å². The van der Waals surface area contributed by atoms with Crippen molar-refractivity contribution in [1.29, 1.82) is 0 Å². The van der Waals surface area contributed by atoms with Crippen molar-refractivity contribution in [2.24, 2.45) is 0 Å². The molecule has 1 aromatic carbocycles. The van der Waals surface area contributed by atoms with Crippen LogP contribution in [0.5, 0.6) is 0 Å². The molecule has 1 aliphatic heterocycles. The number of carbonyl (C=O) groups excluding carboxylic acids is 1. The highest BCUT2D eigenvalue weighted by molar-refractivity contribution is 5.77. The number of aliphatic hydroxyl groups is 1. The van der Waals surface area contributed by atoms with Gasteiger partial charge in [0.05, 0.1) is 12.1 Å². The van der Waals surface area contributed by atoms with Crippen LogP contribution in [0.3, 0.4) is 0 Å². The summed E-state index contributed by atoms with van der Waals surface area (Å²) in [6.45, 7) is 0.629. The van der Waals surface area contributed by atoms with Crippen LogP contribution in [0.25, 0.3) is 0 Å². The summed E-state index contributed by atoms with van der Waals surface area (Å²) in [6, 6.07) is 4.92. The van der Waals surface area contributed by atoms with Gasteiger partial charge in [0.1, 0.15) is 0 Å². The summed E-state index contributed by atoms with van der Waals surface area (Å²) < 4.78 is 28.2. The Morgan fingerprint density at radius 1 is 1.35 bits per heavy atom. The van der Waals surface area contributed by atoms with Gasteiger partial charge < -0.3 is 10.0 Å². The molecule has 0 spiro atoms. The van der Waals surface area contributed by atoms with Crippen LogP contribution in [0.2, 0.25) is 0 Å². The van der Waals surface area contributed by atoms with Crippen molar-refractivity contribution < 1.29 is 18.7 Å². The average Bonchev–Trinajstić information content (AvgIpc) is 3.17. The molecule has 0 radical (unpaired) electrons. The van der Waals surface area contributed by atoms with Crippen LogP contribution in [-0.4, -0.2) is 38.3 Å². The molecule has 7 heteroatoms. The monoisotopic (exact) mass is 321 g/mol. The fraction of sp³-hybridized carbons (Fsp3) is 0.375. The van der Waals surface area contributed by atoms with Crippen LogP contribution in [-0.2, 0) is 11.3 Å². The zero-order chi connectivity index (χ0) is 16.4. The zero-order valence-electron chi connectivity index (χ0n) is 12.4. The van der Waals surface area contributed by atoms with Crippen molar-refractivity contribution in [1.82, 2.24) is 14.7 Å². The molecule has 1 saturated heterocycles. The first-order valence-corrected chi connectivity index (χ1v) is 7.44. The molecule has 0 bridgehead atoms. The van der Waals surface area contributed by atoms with E-state index in [0.717, 1.165) is 12.1 Å². The molecule has 1 aliphatic rings. The first-order chi connectivity index (χ1) is 11.0. The number of benzene rings is 1. The lowest BCUT2D eigenvalue weighted by molar-refractivity contribution is -0.132. The number of aliphatic hydroxyl groups excluding tert-OH is 1. The highest BCUT2D eigenvalue weighted by Crippen LogP contribution is 2.33. The largest absolute Gasteiger partial charge is 0.391 e. The third-order valence-corrected chi connectivity index (χ3v) is 4.04. The van der Waals surface area contributed by atoms with Gasteiger partial charge in [-0.15, -0.1) is 0 Å². The quantitative estimate of drug-likeness (QED) is 0.935. The molecule has 1 fully saturated rings. The van der Waals surface area contributed by atoms with Gasteiger partial charge in [-0.3, -0.25) is 9.48 Å². The van der Waals surface area contributed by atoms with Gasteiger partial charge in [-0.2, -0.15) is 5.10 Å². The number of carbonyl (C=O) groups is 1. The lowest BCUT2D eigenvalue weighted by Gasteiger charge is -2.25. The summed E-state index contributed by atoms with van der Waals surface area (Å²) in [4.78, 5) is 14.0. The van der Waals surface area contributed by atoms with Gasteiger partial charge in [0.2, 0.25) is 5.91 Å². The third-order valence-electron chi connectivity index (χ3n) is 4.04. The second kappa shape index (κ2) is 6.45. The Morgan fingerprint density at radius 2 is 2.17 bits per heavy atom. The Morgan fingerprint density at radius 3 is 2.87 bits per heavy atom. The molecule has 2 atom stereocenters. The number of β-amino-alcohol motifs (C(OH)–C–C–N with tert-alkyl or cyclic N) is 1. The third kappa shape index (κ3) is 3.39. The summed E-state index contributed by atoms with van der Waals surface area (Å²) in [5, 5.41) is 13.9. The van der Waals surface area contributed by atoms with Gasteiger partial charge in [-0.25, -0.2) is 8.78 Å². The molecule has 0 aliphatic carbocycles. The predicted molar refractivity (Wildman–Crippen MR) is 78.3 cm³/mol. The molecule has 1 N–H and O–H groups in total. The number of amides is 1. The van der Waals surface area contributed by atoms with Crippen LogP contribution in [0.1, 0.15) is 24.4 Å². The maximum absolute atomic E-state index is 13.4. The van der Waals surface area contributed by atoms with Crippen LogP contribution in [0.15, 0.2) is 36.7 Å². The normalized spacial score (nSPS) is 20.9. The van der Waals surface area contributed by atoms with E-state index in [1.165, 1.54) is 11.0 Å². The average molecular weight is 321 g/mol. The van der Waals surface area contributed by atoms with Gasteiger partial charge >= 0.3 is 0 Å². The molecule has 2 aromatic rings. The molecule has 2 heterocycles. The van der Waals surface area contributed by atoms with E-state index in [9.17, 15) is 18.7 Å². The number of rotatable bonds is 4. The number of nitrogens with zero attached hydrogens (tertiary/aromatic N) is 3. The molecule has 23 heavy (non-hydrogen) atoms. The van der Waals surface area contributed by atoms with Crippen LogP contribution in [0, 0.1) is 11.6 Å². The van der Waals surface area contributed by atoms with E-state index in [4.69, 9.17) is 0 Å². The Balaban J connectivity index is 1.73. The molecular formula is C16H17F2N3O2. The summed E-state index contributed by atoms with van der Waals surface area (Å²) in [6.07, 6.45) is 3.28. The van der Waals surface area contributed by atoms with E-state index in [0.29, 0.717) is 18.5 Å². The minimum Gasteiger partial charge on any atom is -0.391 e. The Hall–Kier alpha value is -2.28. The minimum atomic E-state index is -0.951. The molecule has 3 rings (SSSR count). The van der Waals surface area contributed by atoms with Gasteiger partial charge in [0, 0.05) is 31.9 Å². The lowest BCUT2D eigenvalue weighted by Crippen LogP contribution is -2.32. The van der Waals surface area contributed by atoms with E-state index in [1.807, 2.05) is 0 Å². The van der Waals surface area contributed by atoms with Gasteiger partial charge in [0.15, 0.2) is 11.6 Å². The van der Waals surface area contributed by atoms with Crippen LogP contribution in [0.4, 0.5) is 8.78 Å². The fourth-order valence-corrected chi connectivity index (χ4v) is 2.91. The second-order valence-corrected chi connectivity index (χ2v) is 5.64. The van der Waals surface area contributed by atoms with Gasteiger partial charge in [-0.05, 0) is 30.2 Å². The fourth-order valence-electron chi connectivity index (χ4n) is 2.91. The number of halogens is 2. The summed E-state index contributed by atoms with van der Waals surface area (Å²) in [5.41, 5.74) is 0.493. The SMILES string of the molecule is O=C(CCn1cccn1)N1CC(O)CC1c1ccc(F)c(F)c1. The highest BCUT2D eigenvalue weighted by Gasteiger charge is 2.35. The smallest absolute Gasteiger partial charge is 0.225 e. The Labute approximate surface area is 132 Å². The molecule has 2 unspecified atom stereocenters. The van der Waals surface area contributed by atoms with E-state index in [-0.39, 0.29) is 18.9 Å².